The Balaban J connectivity index is 0.00000161. The molecule has 2 heterocycles. The van der Waals surface area contributed by atoms with Gasteiger partial charge in [0, 0.05) is 13.5 Å². The summed E-state index contributed by atoms with van der Waals surface area (Å²) in [5.41, 5.74) is -0.595. The first-order chi connectivity index (χ1) is 9.44. The van der Waals surface area contributed by atoms with Gasteiger partial charge in [0.1, 0.15) is 0 Å². The van der Waals surface area contributed by atoms with Crippen molar-refractivity contribution >= 4 is 18.3 Å². The number of fused-ring (bicyclic) bond motifs is 1. The van der Waals surface area contributed by atoms with Gasteiger partial charge in [-0.25, -0.2) is 0 Å². The lowest BCUT2D eigenvalue weighted by molar-refractivity contribution is -0.120. The molecule has 2 fully saturated rings. The minimum absolute atomic E-state index is 0. The van der Waals surface area contributed by atoms with E-state index in [1.54, 1.807) is 0 Å². The second-order valence-electron chi connectivity index (χ2n) is 6.61. The van der Waals surface area contributed by atoms with E-state index < -0.39 is 5.54 Å². The summed E-state index contributed by atoms with van der Waals surface area (Å²) in [6.07, 6.45) is 3.55. The van der Waals surface area contributed by atoms with Gasteiger partial charge in [0.2, 0.25) is 11.8 Å². The molecule has 1 amide bonds. The van der Waals surface area contributed by atoms with Gasteiger partial charge in [-0.15, -0.1) is 12.4 Å². The van der Waals surface area contributed by atoms with E-state index in [-0.39, 0.29) is 23.7 Å². The number of halogens is 1. The van der Waals surface area contributed by atoms with Gasteiger partial charge in [-0.05, 0) is 39.2 Å². The molecule has 6 nitrogen and oxygen atoms in total. The van der Waals surface area contributed by atoms with E-state index in [0.717, 1.165) is 25.4 Å². The number of hydrogen-bond donors (Lipinski definition) is 2. The van der Waals surface area contributed by atoms with E-state index in [2.05, 4.69) is 20.8 Å². The number of nitrogens with zero attached hydrogens (tertiary/aromatic N) is 2. The van der Waals surface area contributed by atoms with Crippen LogP contribution in [-0.2, 0) is 15.7 Å². The summed E-state index contributed by atoms with van der Waals surface area (Å²) in [4.78, 5) is 15.9. The van der Waals surface area contributed by atoms with Gasteiger partial charge in [0.25, 0.3) is 0 Å². The van der Waals surface area contributed by atoms with Crippen molar-refractivity contribution in [2.75, 3.05) is 13.1 Å². The Labute approximate surface area is 130 Å². The lowest BCUT2D eigenvalue weighted by atomic mass is 9.80. The lowest BCUT2D eigenvalue weighted by Gasteiger charge is -2.24. The van der Waals surface area contributed by atoms with Crippen LogP contribution in [0.15, 0.2) is 4.52 Å². The zero-order chi connectivity index (χ0) is 14.4. The summed E-state index contributed by atoms with van der Waals surface area (Å²) in [7, 11) is 0. The van der Waals surface area contributed by atoms with Crippen LogP contribution in [0.1, 0.15) is 51.7 Å². The van der Waals surface area contributed by atoms with Gasteiger partial charge >= 0.3 is 0 Å². The molecule has 1 aromatic heterocycles. The first kappa shape index (κ1) is 16.2. The molecule has 1 saturated carbocycles. The second kappa shape index (κ2) is 5.57. The van der Waals surface area contributed by atoms with Crippen LogP contribution in [0.25, 0.3) is 0 Å². The predicted molar refractivity (Wildman–Crippen MR) is 80.3 cm³/mol. The molecule has 1 saturated heterocycles. The highest BCUT2D eigenvalue weighted by Gasteiger charge is 2.51. The van der Waals surface area contributed by atoms with Crippen LogP contribution >= 0.6 is 12.4 Å². The van der Waals surface area contributed by atoms with Gasteiger partial charge < -0.3 is 15.2 Å². The van der Waals surface area contributed by atoms with E-state index in [1.165, 1.54) is 19.8 Å². The van der Waals surface area contributed by atoms with Crippen molar-refractivity contribution < 1.29 is 9.32 Å². The fourth-order valence-corrected chi connectivity index (χ4v) is 3.68. The third-order valence-electron chi connectivity index (χ3n) is 4.69. The van der Waals surface area contributed by atoms with Gasteiger partial charge in [0.15, 0.2) is 5.82 Å². The zero-order valence-electron chi connectivity index (χ0n) is 12.7. The topological polar surface area (TPSA) is 80.0 Å². The molecule has 0 radical (unpaired) electrons. The average molecular weight is 315 g/mol. The summed E-state index contributed by atoms with van der Waals surface area (Å²) in [6.45, 7) is 7.22. The Morgan fingerprint density at radius 1 is 1.52 bits per heavy atom. The molecule has 0 spiro atoms. The molecule has 2 N–H and O–H groups in total. The Morgan fingerprint density at radius 2 is 2.29 bits per heavy atom. The van der Waals surface area contributed by atoms with Crippen molar-refractivity contribution in [3.05, 3.63) is 11.7 Å². The lowest BCUT2D eigenvalue weighted by Crippen LogP contribution is -2.40. The zero-order valence-corrected chi connectivity index (χ0v) is 13.5. The Bertz CT molecular complexity index is 519. The number of nitrogens with one attached hydrogen (secondary N) is 2. The number of carbonyl (C=O) groups excluding carboxylic acids is 1. The van der Waals surface area contributed by atoms with Crippen LogP contribution in [0.5, 0.6) is 0 Å². The fourth-order valence-electron chi connectivity index (χ4n) is 3.68. The SMILES string of the molecule is CC(=O)NC(C)(C)c1noc([C@@]23CCC[C@@H]2CNC3)n1.Cl. The molecule has 118 valence electrons. The second-order valence-corrected chi connectivity index (χ2v) is 6.61. The maximum Gasteiger partial charge on any atom is 0.234 e. The highest BCUT2D eigenvalue weighted by atomic mass is 35.5. The van der Waals surface area contributed by atoms with Crippen LogP contribution < -0.4 is 10.6 Å². The highest BCUT2D eigenvalue weighted by Crippen LogP contribution is 2.47. The average Bonchev–Trinajstić information content (AvgIpc) is 3.01. The van der Waals surface area contributed by atoms with Crippen molar-refractivity contribution in [2.45, 2.75) is 51.0 Å². The third-order valence-corrected chi connectivity index (χ3v) is 4.69. The fraction of sp³-hybridized carbons (Fsp3) is 0.786. The van der Waals surface area contributed by atoms with E-state index in [0.29, 0.717) is 11.7 Å². The van der Waals surface area contributed by atoms with Crippen LogP contribution in [0.2, 0.25) is 0 Å². The monoisotopic (exact) mass is 314 g/mol. The first-order valence-electron chi connectivity index (χ1n) is 7.28. The van der Waals surface area contributed by atoms with E-state index in [1.807, 2.05) is 13.8 Å². The van der Waals surface area contributed by atoms with Gasteiger partial charge in [-0.2, -0.15) is 4.98 Å². The summed E-state index contributed by atoms with van der Waals surface area (Å²) in [5.74, 6) is 1.79. The van der Waals surface area contributed by atoms with Crippen LogP contribution in [0, 0.1) is 5.92 Å². The third kappa shape index (κ3) is 2.66. The van der Waals surface area contributed by atoms with Gasteiger partial charge in [-0.1, -0.05) is 11.6 Å². The predicted octanol–water partition coefficient (Wildman–Crippen LogP) is 1.50. The summed E-state index contributed by atoms with van der Waals surface area (Å²) in [5, 5.41) is 10.4. The molecule has 1 aliphatic carbocycles. The van der Waals surface area contributed by atoms with Gasteiger partial charge in [-0.3, -0.25) is 4.79 Å². The Kier molecular flexibility index (Phi) is 4.31. The molecular weight excluding hydrogens is 292 g/mol. The van der Waals surface area contributed by atoms with E-state index in [4.69, 9.17) is 4.52 Å². The molecule has 0 bridgehead atoms. The number of carbonyl (C=O) groups is 1. The molecular formula is C14H23ClN4O2. The van der Waals surface area contributed by atoms with E-state index in [9.17, 15) is 4.79 Å². The van der Waals surface area contributed by atoms with Crippen molar-refractivity contribution in [3.63, 3.8) is 0 Å². The molecule has 21 heavy (non-hydrogen) atoms. The molecule has 3 rings (SSSR count). The van der Waals surface area contributed by atoms with Crippen molar-refractivity contribution in [2.24, 2.45) is 5.92 Å². The normalized spacial score (nSPS) is 28.0. The van der Waals surface area contributed by atoms with Crippen LogP contribution in [0.3, 0.4) is 0 Å². The summed E-state index contributed by atoms with van der Waals surface area (Å²) in [6, 6.07) is 0. The number of rotatable bonds is 3. The maximum atomic E-state index is 11.3. The molecule has 2 atom stereocenters. The number of hydrogen-bond acceptors (Lipinski definition) is 5. The van der Waals surface area contributed by atoms with Crippen LogP contribution in [0.4, 0.5) is 0 Å². The Morgan fingerprint density at radius 3 is 3.00 bits per heavy atom. The minimum atomic E-state index is -0.607. The van der Waals surface area contributed by atoms with Gasteiger partial charge in [0.05, 0.1) is 11.0 Å². The molecule has 7 heteroatoms. The molecule has 1 aliphatic heterocycles. The largest absolute Gasteiger partial charge is 0.344 e. The van der Waals surface area contributed by atoms with Crippen molar-refractivity contribution in [1.82, 2.24) is 20.8 Å². The van der Waals surface area contributed by atoms with Crippen molar-refractivity contribution in [3.8, 4) is 0 Å². The maximum absolute atomic E-state index is 11.3. The van der Waals surface area contributed by atoms with Crippen LogP contribution in [-0.4, -0.2) is 29.1 Å². The molecule has 0 aromatic carbocycles. The van der Waals surface area contributed by atoms with Crippen molar-refractivity contribution in [1.29, 1.82) is 0 Å². The number of amides is 1. The summed E-state index contributed by atoms with van der Waals surface area (Å²) < 4.78 is 5.57. The smallest absolute Gasteiger partial charge is 0.234 e. The molecule has 2 aliphatic rings. The molecule has 1 aromatic rings. The highest BCUT2D eigenvalue weighted by molar-refractivity contribution is 5.85. The molecule has 0 unspecified atom stereocenters. The number of aromatic nitrogens is 2. The van der Waals surface area contributed by atoms with E-state index >= 15 is 0 Å². The quantitative estimate of drug-likeness (QED) is 0.884. The standard InChI is InChI=1S/C14H22N4O2.ClH/c1-9(19)17-13(2,3)11-16-12(20-18-11)14-6-4-5-10(14)7-15-8-14;/h10,15H,4-8H2,1-3H3,(H,17,19);1H/t10-,14-;/m1./s1. The first-order valence-corrected chi connectivity index (χ1v) is 7.28. The minimum Gasteiger partial charge on any atom is -0.344 e. The summed E-state index contributed by atoms with van der Waals surface area (Å²) >= 11 is 0. The Hall–Kier alpha value is -1.14.